The van der Waals surface area contributed by atoms with Gasteiger partial charge in [0.1, 0.15) is 24.4 Å². The third-order valence-electron chi connectivity index (χ3n) is 4.22. The van der Waals surface area contributed by atoms with Gasteiger partial charge in [0.05, 0.1) is 13.2 Å². The molecule has 1 aliphatic heterocycles. The van der Waals surface area contributed by atoms with E-state index in [-0.39, 0.29) is 13.2 Å². The normalized spacial score (nSPS) is 26.2. The van der Waals surface area contributed by atoms with E-state index in [1.165, 1.54) is 32.1 Å². The summed E-state index contributed by atoms with van der Waals surface area (Å²) in [6.07, 6.45) is 10.8. The van der Waals surface area contributed by atoms with Crippen LogP contribution in [0.25, 0.3) is 0 Å². The van der Waals surface area contributed by atoms with Crippen molar-refractivity contribution in [3.63, 3.8) is 0 Å². The molecular weight excluding hydrogens is 296 g/mol. The summed E-state index contributed by atoms with van der Waals surface area (Å²) in [7, 11) is 0. The van der Waals surface area contributed by atoms with Crippen LogP contribution in [-0.4, -0.2) is 59.6 Å². The second kappa shape index (κ2) is 12.9. The second-order valence-corrected chi connectivity index (χ2v) is 6.26. The maximum Gasteiger partial charge on any atom is 0.114 e. The van der Waals surface area contributed by atoms with Gasteiger partial charge in [0.15, 0.2) is 0 Å². The van der Waals surface area contributed by atoms with Crippen LogP contribution in [0.1, 0.15) is 58.3 Å². The molecular formula is C18H34O5. The van der Waals surface area contributed by atoms with E-state index in [1.807, 2.05) is 0 Å². The lowest BCUT2D eigenvalue weighted by atomic mass is 10.1. The zero-order valence-corrected chi connectivity index (χ0v) is 14.4. The fourth-order valence-corrected chi connectivity index (χ4v) is 2.74. The molecule has 5 heteroatoms. The quantitative estimate of drug-likeness (QED) is 0.356. The van der Waals surface area contributed by atoms with Gasteiger partial charge in [-0.15, -0.1) is 0 Å². The maximum absolute atomic E-state index is 9.76. The highest BCUT2D eigenvalue weighted by molar-refractivity contribution is 4.88. The van der Waals surface area contributed by atoms with Gasteiger partial charge in [-0.25, -0.2) is 0 Å². The Morgan fingerprint density at radius 3 is 2.39 bits per heavy atom. The molecule has 3 N–H and O–H groups in total. The lowest BCUT2D eigenvalue weighted by Gasteiger charge is -2.24. The summed E-state index contributed by atoms with van der Waals surface area (Å²) in [5.41, 5.74) is 0. The maximum atomic E-state index is 9.76. The third-order valence-corrected chi connectivity index (χ3v) is 4.22. The van der Waals surface area contributed by atoms with Crippen LogP contribution in [-0.2, 0) is 9.47 Å². The van der Waals surface area contributed by atoms with Gasteiger partial charge in [-0.05, 0) is 25.7 Å². The van der Waals surface area contributed by atoms with E-state index in [4.69, 9.17) is 9.47 Å². The molecule has 1 aliphatic rings. The molecule has 1 fully saturated rings. The van der Waals surface area contributed by atoms with Gasteiger partial charge >= 0.3 is 0 Å². The van der Waals surface area contributed by atoms with Crippen LogP contribution >= 0.6 is 0 Å². The highest BCUT2D eigenvalue weighted by Crippen LogP contribution is 2.19. The number of aliphatic hydroxyl groups excluding tert-OH is 3. The molecule has 0 radical (unpaired) electrons. The van der Waals surface area contributed by atoms with Crippen LogP contribution in [0.3, 0.4) is 0 Å². The summed E-state index contributed by atoms with van der Waals surface area (Å²) in [4.78, 5) is 0. The molecule has 5 nitrogen and oxygen atoms in total. The molecule has 1 rings (SSSR count). The molecule has 0 aromatic carbocycles. The van der Waals surface area contributed by atoms with Crippen LogP contribution in [0, 0.1) is 0 Å². The van der Waals surface area contributed by atoms with E-state index in [1.54, 1.807) is 0 Å². The molecule has 0 aliphatic carbocycles. The molecule has 0 amide bonds. The summed E-state index contributed by atoms with van der Waals surface area (Å²) in [6, 6.07) is 0. The Hall–Kier alpha value is -0.460. The van der Waals surface area contributed by atoms with Crippen molar-refractivity contribution in [3.05, 3.63) is 12.2 Å². The van der Waals surface area contributed by atoms with E-state index >= 15 is 0 Å². The first-order chi connectivity index (χ1) is 11.2. The summed E-state index contributed by atoms with van der Waals surface area (Å²) in [5.74, 6) is 0. The van der Waals surface area contributed by atoms with Crippen LogP contribution < -0.4 is 0 Å². The van der Waals surface area contributed by atoms with Crippen molar-refractivity contribution in [2.45, 2.75) is 82.7 Å². The molecule has 1 heterocycles. The molecule has 0 bridgehead atoms. The van der Waals surface area contributed by atoms with E-state index < -0.39 is 24.4 Å². The molecule has 0 spiro atoms. The highest BCUT2D eigenvalue weighted by atomic mass is 16.6. The minimum atomic E-state index is -0.986. The van der Waals surface area contributed by atoms with E-state index in [9.17, 15) is 15.3 Å². The first-order valence-corrected chi connectivity index (χ1v) is 9.05. The van der Waals surface area contributed by atoms with Gasteiger partial charge < -0.3 is 24.8 Å². The van der Waals surface area contributed by atoms with Crippen molar-refractivity contribution in [2.24, 2.45) is 0 Å². The van der Waals surface area contributed by atoms with Gasteiger partial charge in [-0.1, -0.05) is 44.8 Å². The second-order valence-electron chi connectivity index (χ2n) is 6.26. The number of aliphatic hydroxyl groups is 3. The van der Waals surface area contributed by atoms with Crippen molar-refractivity contribution >= 4 is 0 Å². The summed E-state index contributed by atoms with van der Waals surface area (Å²) < 4.78 is 10.9. The molecule has 23 heavy (non-hydrogen) atoms. The number of hydrogen-bond acceptors (Lipinski definition) is 5. The molecule has 0 saturated carbocycles. The van der Waals surface area contributed by atoms with E-state index in [0.29, 0.717) is 6.61 Å². The highest BCUT2D eigenvalue weighted by Gasteiger charge is 2.40. The van der Waals surface area contributed by atoms with Crippen molar-refractivity contribution in [1.82, 2.24) is 0 Å². The largest absolute Gasteiger partial charge is 0.394 e. The minimum absolute atomic E-state index is 0.0900. The zero-order chi connectivity index (χ0) is 16.9. The summed E-state index contributed by atoms with van der Waals surface area (Å²) >= 11 is 0. The van der Waals surface area contributed by atoms with Gasteiger partial charge in [0, 0.05) is 6.61 Å². The summed E-state index contributed by atoms with van der Waals surface area (Å²) in [6.45, 7) is 2.61. The van der Waals surface area contributed by atoms with Crippen molar-refractivity contribution in [1.29, 1.82) is 0 Å². The molecule has 0 unspecified atom stereocenters. The Bertz CT molecular complexity index is 308. The van der Waals surface area contributed by atoms with Gasteiger partial charge in [-0.3, -0.25) is 0 Å². The predicted octanol–water partition coefficient (Wildman–Crippen LogP) is 2.18. The van der Waals surface area contributed by atoms with Gasteiger partial charge in [0.25, 0.3) is 0 Å². The van der Waals surface area contributed by atoms with Crippen molar-refractivity contribution in [2.75, 3.05) is 19.8 Å². The number of ether oxygens (including phenoxy) is 2. The van der Waals surface area contributed by atoms with Gasteiger partial charge in [0.2, 0.25) is 0 Å². The lowest BCUT2D eigenvalue weighted by Crippen LogP contribution is -2.42. The Morgan fingerprint density at radius 2 is 1.78 bits per heavy atom. The molecule has 0 aromatic rings. The van der Waals surface area contributed by atoms with Crippen molar-refractivity contribution < 1.29 is 24.8 Å². The van der Waals surface area contributed by atoms with Crippen molar-refractivity contribution in [3.8, 4) is 0 Å². The Morgan fingerprint density at radius 1 is 1.09 bits per heavy atom. The SMILES string of the molecule is CCCCCCC/C=C/CCCO[C@@H](CO)[C@H]1OC[C@@H](O)[C@H]1O. The Balaban J connectivity index is 2.02. The van der Waals surface area contributed by atoms with Gasteiger partial charge in [-0.2, -0.15) is 0 Å². The zero-order valence-electron chi connectivity index (χ0n) is 14.4. The molecule has 1 saturated heterocycles. The first kappa shape index (κ1) is 20.6. The average Bonchev–Trinajstić information content (AvgIpc) is 2.88. The standard InChI is InChI=1S/C18H34O5/c1-2-3-4-5-6-7-8-9-10-11-12-22-16(13-19)18-17(21)15(20)14-23-18/h8-9,15-21H,2-7,10-14H2,1H3/b9-8+/t15-,16+,17-,18-/m1/s1. The van der Waals surface area contributed by atoms with Crippen LogP contribution in [0.4, 0.5) is 0 Å². The van der Waals surface area contributed by atoms with E-state index in [2.05, 4.69) is 19.1 Å². The number of rotatable bonds is 13. The van der Waals surface area contributed by atoms with Crippen LogP contribution in [0.2, 0.25) is 0 Å². The smallest absolute Gasteiger partial charge is 0.114 e. The summed E-state index contributed by atoms with van der Waals surface area (Å²) in [5, 5.41) is 28.6. The molecule has 4 atom stereocenters. The number of allylic oxidation sites excluding steroid dienone is 2. The number of hydrogen-bond donors (Lipinski definition) is 3. The number of unbranched alkanes of at least 4 members (excludes halogenated alkanes) is 6. The third kappa shape index (κ3) is 8.27. The Kier molecular flexibility index (Phi) is 11.5. The fourth-order valence-electron chi connectivity index (χ4n) is 2.74. The predicted molar refractivity (Wildman–Crippen MR) is 90.3 cm³/mol. The van der Waals surface area contributed by atoms with Crippen LogP contribution in [0.15, 0.2) is 12.2 Å². The molecule has 136 valence electrons. The minimum Gasteiger partial charge on any atom is -0.394 e. The Labute approximate surface area is 140 Å². The first-order valence-electron chi connectivity index (χ1n) is 9.05. The monoisotopic (exact) mass is 330 g/mol. The fraction of sp³-hybridized carbons (Fsp3) is 0.889. The lowest BCUT2D eigenvalue weighted by molar-refractivity contribution is -0.101. The topological polar surface area (TPSA) is 79.2 Å². The molecule has 0 aromatic heterocycles. The van der Waals surface area contributed by atoms with E-state index in [0.717, 1.165) is 19.3 Å². The average molecular weight is 330 g/mol. The van der Waals surface area contributed by atoms with Crippen LogP contribution in [0.5, 0.6) is 0 Å².